The highest BCUT2D eigenvalue weighted by Crippen LogP contribution is 2.41. The second kappa shape index (κ2) is 8.99. The first kappa shape index (κ1) is 22.2. The Morgan fingerprint density at radius 2 is 2.17 bits per heavy atom. The van der Waals surface area contributed by atoms with E-state index in [0.717, 1.165) is 0 Å². The van der Waals surface area contributed by atoms with Crippen LogP contribution in [0.1, 0.15) is 4.88 Å². The standard InChI is InChI=1S/C22H15F2N7O3S/c1-33-19(32)11-30-10-16(28-15-9-27-31-4-2-3-26-21(15)31)20(29-30)14-7-18-12(5-13(8-25)35-18)6-17(14)34-22(23)24/h2-7,9-10,22,28H,11H2,1H3. The van der Waals surface area contributed by atoms with Crippen molar-refractivity contribution in [2.75, 3.05) is 12.4 Å². The number of halogens is 2. The van der Waals surface area contributed by atoms with E-state index in [1.807, 2.05) is 0 Å². The number of carbonyl (C=O) groups excluding carboxylic acids is 1. The molecule has 4 heterocycles. The maximum absolute atomic E-state index is 13.3. The van der Waals surface area contributed by atoms with Crippen LogP contribution in [0.5, 0.6) is 5.75 Å². The molecule has 0 amide bonds. The number of rotatable bonds is 7. The summed E-state index contributed by atoms with van der Waals surface area (Å²) in [6, 6.07) is 8.45. The van der Waals surface area contributed by atoms with E-state index in [1.54, 1.807) is 47.5 Å². The van der Waals surface area contributed by atoms with Crippen LogP contribution in [-0.4, -0.2) is 44.1 Å². The largest absolute Gasteiger partial charge is 0.468 e. The summed E-state index contributed by atoms with van der Waals surface area (Å²) in [7, 11) is 1.25. The number of carbonyl (C=O) groups is 1. The highest BCUT2D eigenvalue weighted by molar-refractivity contribution is 7.19. The number of nitriles is 1. The fourth-order valence-corrected chi connectivity index (χ4v) is 4.43. The Bertz CT molecular complexity index is 1600. The molecule has 0 radical (unpaired) electrons. The van der Waals surface area contributed by atoms with E-state index in [1.165, 1.54) is 29.2 Å². The zero-order valence-electron chi connectivity index (χ0n) is 18.0. The first-order valence-corrected chi connectivity index (χ1v) is 10.9. The van der Waals surface area contributed by atoms with Gasteiger partial charge in [0.05, 0.1) is 19.0 Å². The van der Waals surface area contributed by atoms with E-state index in [2.05, 4.69) is 26.6 Å². The summed E-state index contributed by atoms with van der Waals surface area (Å²) in [5.41, 5.74) is 1.94. The monoisotopic (exact) mass is 495 g/mol. The van der Waals surface area contributed by atoms with Crippen molar-refractivity contribution in [1.82, 2.24) is 24.4 Å². The van der Waals surface area contributed by atoms with Crippen molar-refractivity contribution in [1.29, 1.82) is 5.26 Å². The van der Waals surface area contributed by atoms with Gasteiger partial charge in [-0.2, -0.15) is 24.2 Å². The topological polar surface area (TPSA) is 119 Å². The van der Waals surface area contributed by atoms with E-state index in [9.17, 15) is 18.8 Å². The molecule has 0 atom stereocenters. The molecule has 10 nitrogen and oxygen atoms in total. The first-order chi connectivity index (χ1) is 16.9. The predicted molar refractivity (Wildman–Crippen MR) is 123 cm³/mol. The fraction of sp³-hybridized carbons (Fsp3) is 0.136. The molecular formula is C22H15F2N7O3S. The Morgan fingerprint density at radius 3 is 2.94 bits per heavy atom. The van der Waals surface area contributed by atoms with Crippen LogP contribution < -0.4 is 10.1 Å². The summed E-state index contributed by atoms with van der Waals surface area (Å²) in [4.78, 5) is 16.6. The minimum atomic E-state index is -3.09. The van der Waals surface area contributed by atoms with Crippen LogP contribution in [0, 0.1) is 11.3 Å². The SMILES string of the molecule is COC(=O)Cn1cc(Nc2cnn3cccnc23)c(-c2cc3sc(C#N)cc3cc2OC(F)F)n1. The lowest BCUT2D eigenvalue weighted by atomic mass is 10.1. The minimum absolute atomic E-state index is 0.126. The van der Waals surface area contributed by atoms with Gasteiger partial charge in [-0.05, 0) is 29.7 Å². The number of esters is 1. The van der Waals surface area contributed by atoms with Gasteiger partial charge in [0.25, 0.3) is 0 Å². The van der Waals surface area contributed by atoms with E-state index in [0.29, 0.717) is 32.0 Å². The van der Waals surface area contributed by atoms with Crippen LogP contribution in [0.2, 0.25) is 0 Å². The number of nitrogens with one attached hydrogen (secondary N) is 1. The number of benzene rings is 1. The van der Waals surface area contributed by atoms with Crippen LogP contribution in [0.4, 0.5) is 20.2 Å². The third-order valence-corrected chi connectivity index (χ3v) is 6.03. The lowest BCUT2D eigenvalue weighted by Gasteiger charge is -2.11. The normalized spacial score (nSPS) is 11.2. The third-order valence-electron chi connectivity index (χ3n) is 5.03. The maximum atomic E-state index is 13.3. The molecule has 0 saturated carbocycles. The second-order valence-corrected chi connectivity index (χ2v) is 8.31. The molecule has 0 aliphatic carbocycles. The van der Waals surface area contributed by atoms with E-state index >= 15 is 0 Å². The summed E-state index contributed by atoms with van der Waals surface area (Å²) in [5.74, 6) is -0.668. The molecular weight excluding hydrogens is 480 g/mol. The van der Waals surface area contributed by atoms with Crippen LogP contribution in [0.25, 0.3) is 27.0 Å². The Hall–Kier alpha value is -4.57. The summed E-state index contributed by atoms with van der Waals surface area (Å²) >= 11 is 1.21. The fourth-order valence-electron chi connectivity index (χ4n) is 3.55. The Balaban J connectivity index is 1.67. The molecule has 0 saturated heterocycles. The first-order valence-electron chi connectivity index (χ1n) is 10.1. The molecule has 176 valence electrons. The van der Waals surface area contributed by atoms with Gasteiger partial charge in [0, 0.05) is 28.9 Å². The molecule has 0 spiro atoms. The molecule has 0 unspecified atom stereocenters. The summed E-state index contributed by atoms with van der Waals surface area (Å²) in [5, 5.41) is 21.7. The van der Waals surface area contributed by atoms with Gasteiger partial charge >= 0.3 is 12.6 Å². The number of methoxy groups -OCH3 is 1. The molecule has 1 aromatic carbocycles. The minimum Gasteiger partial charge on any atom is -0.468 e. The lowest BCUT2D eigenvalue weighted by Crippen LogP contribution is -2.11. The third kappa shape index (κ3) is 4.34. The Kier molecular flexibility index (Phi) is 5.71. The molecule has 5 aromatic rings. The van der Waals surface area contributed by atoms with E-state index in [-0.39, 0.29) is 23.6 Å². The second-order valence-electron chi connectivity index (χ2n) is 7.22. The van der Waals surface area contributed by atoms with Crippen molar-refractivity contribution in [2.45, 2.75) is 13.2 Å². The van der Waals surface area contributed by atoms with Gasteiger partial charge in [-0.1, -0.05) is 0 Å². The van der Waals surface area contributed by atoms with Crippen molar-refractivity contribution in [3.63, 3.8) is 0 Å². The van der Waals surface area contributed by atoms with E-state index < -0.39 is 12.6 Å². The molecule has 0 bridgehead atoms. The molecule has 4 aromatic heterocycles. The lowest BCUT2D eigenvalue weighted by molar-refractivity contribution is -0.141. The summed E-state index contributed by atoms with van der Waals surface area (Å²) < 4.78 is 39.7. The van der Waals surface area contributed by atoms with Gasteiger partial charge in [-0.3, -0.25) is 9.48 Å². The number of nitrogens with zero attached hydrogens (tertiary/aromatic N) is 6. The molecule has 0 aliphatic heterocycles. The molecule has 0 aliphatic rings. The van der Waals surface area contributed by atoms with Gasteiger partial charge < -0.3 is 14.8 Å². The summed E-state index contributed by atoms with van der Waals surface area (Å²) in [6.45, 7) is -3.29. The van der Waals surface area contributed by atoms with Crippen LogP contribution in [0.15, 0.2) is 49.1 Å². The number of alkyl halides is 2. The smallest absolute Gasteiger partial charge is 0.387 e. The molecule has 13 heteroatoms. The molecule has 5 rings (SSSR count). The van der Waals surface area contributed by atoms with Gasteiger partial charge in [0.2, 0.25) is 0 Å². The van der Waals surface area contributed by atoms with Crippen LogP contribution in [0.3, 0.4) is 0 Å². The number of hydrogen-bond acceptors (Lipinski definition) is 9. The van der Waals surface area contributed by atoms with Crippen molar-refractivity contribution >= 4 is 44.4 Å². The summed E-state index contributed by atoms with van der Waals surface area (Å²) in [6.07, 6.45) is 6.43. The van der Waals surface area contributed by atoms with Gasteiger partial charge in [0.1, 0.15) is 34.6 Å². The van der Waals surface area contributed by atoms with Crippen molar-refractivity contribution in [2.24, 2.45) is 0 Å². The number of thiophene rings is 1. The average molecular weight is 495 g/mol. The predicted octanol–water partition coefficient (Wildman–Crippen LogP) is 4.20. The number of fused-ring (bicyclic) bond motifs is 2. The van der Waals surface area contributed by atoms with Crippen molar-refractivity contribution < 1.29 is 23.0 Å². The van der Waals surface area contributed by atoms with E-state index in [4.69, 9.17) is 9.47 Å². The number of anilines is 2. The van der Waals surface area contributed by atoms with Crippen LogP contribution >= 0.6 is 11.3 Å². The van der Waals surface area contributed by atoms with Gasteiger partial charge in [-0.25, -0.2) is 9.50 Å². The molecule has 0 fully saturated rings. The highest BCUT2D eigenvalue weighted by Gasteiger charge is 2.22. The maximum Gasteiger partial charge on any atom is 0.387 e. The van der Waals surface area contributed by atoms with Crippen LogP contribution in [-0.2, 0) is 16.1 Å². The average Bonchev–Trinajstić information content (AvgIpc) is 3.55. The van der Waals surface area contributed by atoms with Gasteiger partial charge in [-0.15, -0.1) is 11.3 Å². The van der Waals surface area contributed by atoms with Crippen molar-refractivity contribution in [3.05, 3.63) is 53.9 Å². The van der Waals surface area contributed by atoms with Gasteiger partial charge in [0.15, 0.2) is 5.65 Å². The zero-order valence-corrected chi connectivity index (χ0v) is 18.8. The molecule has 1 N–H and O–H groups in total. The highest BCUT2D eigenvalue weighted by atomic mass is 32.1. The Morgan fingerprint density at radius 1 is 1.31 bits per heavy atom. The van der Waals surface area contributed by atoms with Crippen molar-refractivity contribution in [3.8, 4) is 23.1 Å². The zero-order chi connectivity index (χ0) is 24.5. The quantitative estimate of drug-likeness (QED) is 0.334. The number of aromatic nitrogens is 5. The number of ether oxygens (including phenoxy) is 2. The number of hydrogen-bond donors (Lipinski definition) is 1. The Labute approximate surface area is 199 Å². The molecule has 35 heavy (non-hydrogen) atoms.